The van der Waals surface area contributed by atoms with Crippen molar-refractivity contribution in [3.63, 3.8) is 0 Å². The van der Waals surface area contributed by atoms with Crippen LogP contribution in [-0.4, -0.2) is 43.9 Å². The summed E-state index contributed by atoms with van der Waals surface area (Å²) in [5.41, 5.74) is 6.03. The Labute approximate surface area is 259 Å². The van der Waals surface area contributed by atoms with Gasteiger partial charge >= 0.3 is 6.03 Å². The molecule has 2 atom stereocenters. The molecule has 6 rings (SSSR count). The minimum atomic E-state index is -0.321. The molecule has 44 heavy (non-hydrogen) atoms. The molecule has 9 heteroatoms. The van der Waals surface area contributed by atoms with Gasteiger partial charge in [-0.2, -0.15) is 5.10 Å². The van der Waals surface area contributed by atoms with Crippen molar-refractivity contribution in [1.29, 1.82) is 0 Å². The zero-order chi connectivity index (χ0) is 31.2. The van der Waals surface area contributed by atoms with Crippen LogP contribution in [-0.2, 0) is 11.8 Å². The number of fused-ring (bicyclic) bond motifs is 2. The molecule has 2 aromatic heterocycles. The third-order valence-corrected chi connectivity index (χ3v) is 9.05. The second-order valence-corrected chi connectivity index (χ2v) is 13.5. The molecular weight excluding hydrogens is 552 g/mol. The third kappa shape index (κ3) is 6.00. The highest BCUT2D eigenvalue weighted by atomic mass is 16.5. The smallest absolute Gasteiger partial charge is 0.324 e. The molecule has 2 unspecified atom stereocenters. The van der Waals surface area contributed by atoms with E-state index < -0.39 is 0 Å². The summed E-state index contributed by atoms with van der Waals surface area (Å²) >= 11 is 0. The second kappa shape index (κ2) is 11.6. The monoisotopic (exact) mass is 594 g/mol. The molecule has 0 aliphatic carbocycles. The maximum atomic E-state index is 13.4. The van der Waals surface area contributed by atoms with E-state index in [1.165, 1.54) is 5.56 Å². The first-order valence-corrected chi connectivity index (χ1v) is 15.6. The summed E-state index contributed by atoms with van der Waals surface area (Å²) in [4.78, 5) is 28.6. The second-order valence-electron chi connectivity index (χ2n) is 13.5. The summed E-state index contributed by atoms with van der Waals surface area (Å²) in [5, 5.41) is 14.8. The maximum Gasteiger partial charge on any atom is 0.324 e. The lowest BCUT2D eigenvalue weighted by atomic mass is 9.85. The fraction of sp³-hybridized carbons (Fsp3) is 0.429. The Hall–Kier alpha value is -4.40. The van der Waals surface area contributed by atoms with Gasteiger partial charge in [-0.3, -0.25) is 10.1 Å². The van der Waals surface area contributed by atoms with Crippen molar-refractivity contribution in [1.82, 2.24) is 19.8 Å². The topological polar surface area (TPSA) is 105 Å². The molecule has 2 aliphatic heterocycles. The largest absolute Gasteiger partial charge is 0.361 e. The van der Waals surface area contributed by atoms with Gasteiger partial charge in [0.25, 0.3) is 5.91 Å². The van der Waals surface area contributed by atoms with Crippen LogP contribution in [0.15, 0.2) is 59.1 Å². The number of rotatable bonds is 6. The molecule has 3 amide bonds. The number of nitrogens with one attached hydrogen (secondary N) is 2. The molecule has 2 bridgehead atoms. The molecule has 2 fully saturated rings. The Kier molecular flexibility index (Phi) is 7.82. The van der Waals surface area contributed by atoms with E-state index in [1.807, 2.05) is 63.2 Å². The van der Waals surface area contributed by atoms with Crippen LogP contribution in [0.1, 0.15) is 85.1 Å². The van der Waals surface area contributed by atoms with Gasteiger partial charge in [0.15, 0.2) is 0 Å². The van der Waals surface area contributed by atoms with Crippen molar-refractivity contribution in [2.24, 2.45) is 5.92 Å². The molecule has 0 spiro atoms. The number of aromatic nitrogens is 3. The zero-order valence-corrected chi connectivity index (χ0v) is 26.5. The molecule has 9 nitrogen and oxygen atoms in total. The molecule has 230 valence electrons. The number of hydrogen-bond acceptors (Lipinski definition) is 5. The van der Waals surface area contributed by atoms with Gasteiger partial charge in [-0.25, -0.2) is 9.48 Å². The predicted molar refractivity (Wildman–Crippen MR) is 171 cm³/mol. The highest BCUT2D eigenvalue weighted by Crippen LogP contribution is 2.41. The highest BCUT2D eigenvalue weighted by molar-refractivity contribution is 5.99. The number of amides is 3. The summed E-state index contributed by atoms with van der Waals surface area (Å²) in [6.07, 6.45) is 5.05. The van der Waals surface area contributed by atoms with Crippen LogP contribution in [0, 0.1) is 26.7 Å². The van der Waals surface area contributed by atoms with E-state index in [-0.39, 0.29) is 29.4 Å². The van der Waals surface area contributed by atoms with Crippen molar-refractivity contribution in [2.75, 3.05) is 10.6 Å². The average Bonchev–Trinajstić information content (AvgIpc) is 3.63. The van der Waals surface area contributed by atoms with E-state index in [2.05, 4.69) is 53.6 Å². The minimum Gasteiger partial charge on any atom is -0.361 e. The number of anilines is 2. The number of piperidine rings is 1. The lowest BCUT2D eigenvalue weighted by Crippen LogP contribution is -2.47. The van der Waals surface area contributed by atoms with Gasteiger partial charge in [-0.1, -0.05) is 55.8 Å². The summed E-state index contributed by atoms with van der Waals surface area (Å²) in [6.45, 7) is 12.0. The molecule has 4 aromatic rings. The van der Waals surface area contributed by atoms with Crippen molar-refractivity contribution in [3.8, 4) is 5.69 Å². The van der Waals surface area contributed by atoms with Crippen LogP contribution < -0.4 is 10.6 Å². The van der Waals surface area contributed by atoms with Gasteiger partial charge in [0.2, 0.25) is 0 Å². The number of aryl methyl sites for hydroxylation is 3. The number of hydrogen-bond donors (Lipinski definition) is 2. The first-order valence-electron chi connectivity index (χ1n) is 15.6. The SMILES string of the molecule is Cc1ccc(-n2nc(C(C)(C)C)cc2NC(=O)Nc2ccc(CC3CC4CCC(C3)N4C(=O)c3c(C)noc3C)cc2)cc1. The van der Waals surface area contributed by atoms with Gasteiger partial charge in [0.05, 0.1) is 17.1 Å². The Morgan fingerprint density at radius 2 is 1.59 bits per heavy atom. The van der Waals surface area contributed by atoms with E-state index in [0.717, 1.165) is 54.7 Å². The van der Waals surface area contributed by atoms with Gasteiger partial charge in [-0.15, -0.1) is 0 Å². The van der Waals surface area contributed by atoms with E-state index in [1.54, 1.807) is 4.68 Å². The minimum absolute atomic E-state index is 0.0671. The molecular formula is C35H42N6O3. The van der Waals surface area contributed by atoms with Gasteiger partial charge < -0.3 is 14.7 Å². The maximum absolute atomic E-state index is 13.4. The van der Waals surface area contributed by atoms with Crippen LogP contribution in [0.2, 0.25) is 0 Å². The van der Waals surface area contributed by atoms with E-state index >= 15 is 0 Å². The number of nitrogens with zero attached hydrogens (tertiary/aromatic N) is 4. The number of urea groups is 1. The van der Waals surface area contributed by atoms with Gasteiger partial charge in [0, 0.05) is 29.3 Å². The van der Waals surface area contributed by atoms with E-state index in [4.69, 9.17) is 9.62 Å². The van der Waals surface area contributed by atoms with Crippen molar-refractivity contribution >= 4 is 23.4 Å². The first-order chi connectivity index (χ1) is 21.0. The van der Waals surface area contributed by atoms with Crippen LogP contribution in [0.25, 0.3) is 5.69 Å². The molecule has 2 saturated heterocycles. The zero-order valence-electron chi connectivity index (χ0n) is 26.5. The summed E-state index contributed by atoms with van der Waals surface area (Å²) in [5.74, 6) is 1.80. The number of carbonyl (C=O) groups is 2. The first kappa shape index (κ1) is 29.7. The predicted octanol–water partition coefficient (Wildman–Crippen LogP) is 7.35. The fourth-order valence-electron chi connectivity index (χ4n) is 6.76. The Bertz CT molecular complexity index is 1630. The average molecular weight is 595 g/mol. The standard InChI is InChI=1S/C35H42N6O3/c1-21-7-13-27(14-8-21)41-31(20-30(38-41)35(4,5)6)37-34(43)36-26-11-9-24(10-12-26)17-25-18-28-15-16-29(19-25)40(28)33(42)32-22(2)39-44-23(32)3/h7-14,20,25,28-29H,15-19H2,1-6H3,(H2,36,37,43). The lowest BCUT2D eigenvalue weighted by molar-refractivity contribution is 0.0522. The van der Waals surface area contributed by atoms with Crippen LogP contribution in [0.5, 0.6) is 0 Å². The van der Waals surface area contributed by atoms with Crippen molar-refractivity contribution < 1.29 is 14.1 Å². The van der Waals surface area contributed by atoms with Crippen molar-refractivity contribution in [2.45, 2.75) is 91.1 Å². The molecule has 4 heterocycles. The normalized spacial score (nSPS) is 19.7. The third-order valence-electron chi connectivity index (χ3n) is 9.05. The fourth-order valence-corrected chi connectivity index (χ4v) is 6.76. The Morgan fingerprint density at radius 1 is 0.932 bits per heavy atom. The van der Waals surface area contributed by atoms with E-state index in [0.29, 0.717) is 28.8 Å². The molecule has 2 aromatic carbocycles. The molecule has 2 aliphatic rings. The Balaban J connectivity index is 1.08. The van der Waals surface area contributed by atoms with Crippen molar-refractivity contribution in [3.05, 3.63) is 88.4 Å². The summed E-state index contributed by atoms with van der Waals surface area (Å²) < 4.78 is 7.05. The quantitative estimate of drug-likeness (QED) is 0.243. The lowest BCUT2D eigenvalue weighted by Gasteiger charge is -2.39. The number of carbonyl (C=O) groups excluding carboxylic acids is 2. The molecule has 2 N–H and O–H groups in total. The Morgan fingerprint density at radius 3 is 2.18 bits per heavy atom. The number of benzene rings is 2. The van der Waals surface area contributed by atoms with Gasteiger partial charge in [-0.05, 0) is 88.6 Å². The molecule has 0 saturated carbocycles. The van der Waals surface area contributed by atoms with Crippen LogP contribution in [0.3, 0.4) is 0 Å². The summed E-state index contributed by atoms with van der Waals surface area (Å²) in [7, 11) is 0. The highest BCUT2D eigenvalue weighted by Gasteiger charge is 2.44. The van der Waals surface area contributed by atoms with Crippen LogP contribution in [0.4, 0.5) is 16.3 Å². The summed E-state index contributed by atoms with van der Waals surface area (Å²) in [6, 6.07) is 18.3. The molecule has 0 radical (unpaired) electrons. The van der Waals surface area contributed by atoms with Crippen LogP contribution >= 0.6 is 0 Å². The van der Waals surface area contributed by atoms with E-state index in [9.17, 15) is 9.59 Å². The van der Waals surface area contributed by atoms with Gasteiger partial charge in [0.1, 0.15) is 17.1 Å².